The van der Waals surface area contributed by atoms with Crippen molar-refractivity contribution in [2.75, 3.05) is 0 Å². The third-order valence-electron chi connectivity index (χ3n) is 7.42. The fourth-order valence-corrected chi connectivity index (χ4v) is 4.87. The number of rotatable bonds is 10. The van der Waals surface area contributed by atoms with Crippen molar-refractivity contribution >= 4 is 28.4 Å². The molecule has 4 aromatic carbocycles. The lowest BCUT2D eigenvalue weighted by molar-refractivity contribution is 0.0939. The largest absolute Gasteiger partial charge is 0.580 e. The van der Waals surface area contributed by atoms with Crippen molar-refractivity contribution in [3.8, 4) is 17.2 Å². The van der Waals surface area contributed by atoms with Crippen LogP contribution in [0.2, 0.25) is 0 Å². The summed E-state index contributed by atoms with van der Waals surface area (Å²) in [6.45, 7) is 8.46. The number of nitrogens with zero attached hydrogens (tertiary/aromatic N) is 2. The first kappa shape index (κ1) is 31.9. The van der Waals surface area contributed by atoms with Gasteiger partial charge in [-0.2, -0.15) is 4.99 Å². The number of carbonyl (C=O) groups is 1. The fourth-order valence-electron chi connectivity index (χ4n) is 4.87. The van der Waals surface area contributed by atoms with Crippen LogP contribution in [-0.4, -0.2) is 33.8 Å². The second-order valence-electron chi connectivity index (χ2n) is 12.2. The topological polar surface area (TPSA) is 120 Å². The minimum absolute atomic E-state index is 0.0154. The normalized spacial score (nSPS) is 12.4. The summed E-state index contributed by atoms with van der Waals surface area (Å²) in [6, 6.07) is 32.1. The monoisotopic (exact) mass is 615 g/mol. The van der Waals surface area contributed by atoms with E-state index < -0.39 is 11.9 Å². The maximum Gasteiger partial charge on any atom is 0.356 e. The van der Waals surface area contributed by atoms with E-state index in [9.17, 15) is 4.79 Å². The Bertz CT molecular complexity index is 1850. The van der Waals surface area contributed by atoms with Gasteiger partial charge in [-0.3, -0.25) is 15.2 Å². The van der Waals surface area contributed by atoms with Gasteiger partial charge >= 0.3 is 5.90 Å². The maximum absolute atomic E-state index is 13.4. The van der Waals surface area contributed by atoms with E-state index in [4.69, 9.17) is 20.0 Å². The van der Waals surface area contributed by atoms with Crippen LogP contribution in [0.25, 0.3) is 10.8 Å². The summed E-state index contributed by atoms with van der Waals surface area (Å²) in [6.07, 6.45) is 1.95. The average molecular weight is 616 g/mol. The zero-order chi connectivity index (χ0) is 32.7. The van der Waals surface area contributed by atoms with Crippen LogP contribution < -0.4 is 14.8 Å². The molecule has 0 fully saturated rings. The third kappa shape index (κ3) is 8.57. The van der Waals surface area contributed by atoms with E-state index in [1.54, 1.807) is 12.3 Å². The van der Waals surface area contributed by atoms with E-state index >= 15 is 0 Å². The molecular weight excluding hydrogens is 576 g/mol. The molecule has 46 heavy (non-hydrogen) atoms. The second kappa shape index (κ2) is 14.1. The van der Waals surface area contributed by atoms with Crippen LogP contribution in [0.15, 0.2) is 114 Å². The fraction of sp³-hybridized carbons (Fsp3) is 0.211. The number of fused-ring (bicyclic) bond motifs is 1. The molecule has 0 bridgehead atoms. The zero-order valence-electron chi connectivity index (χ0n) is 26.5. The van der Waals surface area contributed by atoms with Crippen LogP contribution in [-0.2, 0) is 18.4 Å². The Hall–Kier alpha value is -5.50. The lowest BCUT2D eigenvalue weighted by Crippen LogP contribution is -2.43. The summed E-state index contributed by atoms with van der Waals surface area (Å²) in [4.78, 5) is 21.8. The van der Waals surface area contributed by atoms with Crippen molar-refractivity contribution in [2.45, 2.75) is 52.2 Å². The van der Waals surface area contributed by atoms with Crippen LogP contribution in [0, 0.1) is 5.41 Å². The molecule has 5 rings (SSSR count). The van der Waals surface area contributed by atoms with Crippen LogP contribution in [0.5, 0.6) is 17.2 Å². The van der Waals surface area contributed by atoms with Crippen molar-refractivity contribution in [2.24, 2.45) is 4.99 Å². The average Bonchev–Trinajstić information content (AvgIpc) is 3.03. The first-order valence-electron chi connectivity index (χ1n) is 15.1. The molecule has 8 heteroatoms. The number of amides is 1. The van der Waals surface area contributed by atoms with E-state index in [0.717, 1.165) is 27.6 Å². The van der Waals surface area contributed by atoms with E-state index in [1.807, 2.05) is 84.9 Å². The molecule has 1 atom stereocenters. The van der Waals surface area contributed by atoms with Gasteiger partial charge in [0.15, 0.2) is 6.04 Å². The van der Waals surface area contributed by atoms with Gasteiger partial charge in [-0.15, -0.1) is 0 Å². The van der Waals surface area contributed by atoms with Gasteiger partial charge in [0, 0.05) is 18.0 Å². The molecule has 0 aliphatic rings. The summed E-state index contributed by atoms with van der Waals surface area (Å²) >= 11 is 0. The summed E-state index contributed by atoms with van der Waals surface area (Å²) < 4.78 is 12.0. The predicted molar refractivity (Wildman–Crippen MR) is 184 cm³/mol. The molecule has 4 N–H and O–H groups in total. The van der Waals surface area contributed by atoms with E-state index in [1.165, 1.54) is 12.5 Å². The number of ether oxygens (including phenoxy) is 2. The van der Waals surface area contributed by atoms with Crippen molar-refractivity contribution in [1.82, 2.24) is 10.3 Å². The molecule has 234 valence electrons. The molecule has 0 spiro atoms. The van der Waals surface area contributed by atoms with Crippen LogP contribution >= 0.6 is 0 Å². The van der Waals surface area contributed by atoms with E-state index in [0.29, 0.717) is 24.5 Å². The number of hydrogen-bond donors (Lipinski definition) is 2. The minimum Gasteiger partial charge on any atom is -0.580 e. The number of aliphatic imine (C=N–C) groups is 1. The molecular formula is C38H39N4O4+. The van der Waals surface area contributed by atoms with Crippen molar-refractivity contribution in [3.63, 3.8) is 0 Å². The Balaban J connectivity index is 1.29. The number of nitrogens with one attached hydrogen (secondary N) is 2. The highest BCUT2D eigenvalue weighted by atomic mass is 16.5. The highest BCUT2D eigenvalue weighted by Gasteiger charge is 2.25. The molecule has 0 saturated heterocycles. The number of hydrogen-bond acceptors (Lipinski definition) is 5. The highest BCUT2D eigenvalue weighted by molar-refractivity contribution is 6.00. The maximum atomic E-state index is 13.4. The van der Waals surface area contributed by atoms with Crippen LogP contribution in [0.3, 0.4) is 0 Å². The lowest BCUT2D eigenvalue weighted by Gasteiger charge is -2.19. The molecule has 0 aliphatic carbocycles. The Morgan fingerprint density at radius 3 is 2.22 bits per heavy atom. The number of amidine groups is 1. The predicted octanol–water partition coefficient (Wildman–Crippen LogP) is 7.36. The standard InChI is InChI=1S/C38H38N4O4/c1-25(39)41-37(44)35(20-26-10-15-31(16-11-26)45-24-27-8-6-5-7-9-27)42-36(43)34-22-29-21-33(17-12-28(29)23-40-34)46-32-18-13-30(14-19-32)38(2,3)4/h5-19,21-23,35H,20,24H2,1-4H3,(H,42,43)(H2,39,41,44)/p+1/t35-/m0/s1. The molecule has 0 radical (unpaired) electrons. The van der Waals surface area contributed by atoms with Gasteiger partial charge in [-0.05, 0) is 82.9 Å². The lowest BCUT2D eigenvalue weighted by atomic mass is 9.87. The van der Waals surface area contributed by atoms with Crippen molar-refractivity contribution in [1.29, 1.82) is 5.41 Å². The zero-order valence-corrected chi connectivity index (χ0v) is 26.5. The van der Waals surface area contributed by atoms with Gasteiger partial charge in [-0.25, -0.2) is 0 Å². The summed E-state index contributed by atoms with van der Waals surface area (Å²) in [7, 11) is 0. The van der Waals surface area contributed by atoms with E-state index in [2.05, 4.69) is 48.2 Å². The molecule has 0 saturated carbocycles. The first-order chi connectivity index (χ1) is 22.0. The minimum atomic E-state index is -0.771. The summed E-state index contributed by atoms with van der Waals surface area (Å²) in [5.41, 5.74) is 3.43. The highest BCUT2D eigenvalue weighted by Crippen LogP contribution is 2.29. The van der Waals surface area contributed by atoms with Gasteiger partial charge in [0.05, 0.1) is 0 Å². The first-order valence-corrected chi connectivity index (χ1v) is 15.1. The Kier molecular flexibility index (Phi) is 9.76. The Labute approximate surface area is 269 Å². The quantitative estimate of drug-likeness (QED) is 0.0969. The molecule has 0 aliphatic heterocycles. The van der Waals surface area contributed by atoms with Gasteiger partial charge < -0.3 is 19.9 Å². The number of carbonyl (C=O) groups excluding carboxylic acids is 1. The molecule has 1 aromatic heterocycles. The van der Waals surface area contributed by atoms with Gasteiger partial charge in [0.25, 0.3) is 5.91 Å². The van der Waals surface area contributed by atoms with Crippen LogP contribution in [0.4, 0.5) is 0 Å². The molecule has 0 unspecified atom stereocenters. The van der Waals surface area contributed by atoms with Crippen molar-refractivity contribution < 1.29 is 19.4 Å². The Morgan fingerprint density at radius 2 is 1.54 bits per heavy atom. The number of pyridine rings is 1. The molecule has 1 amide bonds. The summed E-state index contributed by atoms with van der Waals surface area (Å²) in [5.74, 6) is 1.51. The number of benzene rings is 4. The SMILES string of the molecule is CC(=N)N=C([OH2+])[C@H](Cc1ccc(OCc2ccccc2)cc1)NC(=O)c1cc2cc(Oc3ccc(C(C)(C)C)cc3)ccc2cn1. The Morgan fingerprint density at radius 1 is 0.870 bits per heavy atom. The van der Waals surface area contributed by atoms with Gasteiger partial charge in [0.2, 0.25) is 0 Å². The second-order valence-corrected chi connectivity index (χ2v) is 12.2. The van der Waals surface area contributed by atoms with Gasteiger partial charge in [-0.1, -0.05) is 75.4 Å². The van der Waals surface area contributed by atoms with Crippen molar-refractivity contribution in [3.05, 3.63) is 132 Å². The number of aromatic nitrogens is 1. The summed E-state index contributed by atoms with van der Waals surface area (Å²) in [5, 5.41) is 20.8. The van der Waals surface area contributed by atoms with E-state index in [-0.39, 0.29) is 22.8 Å². The molecule has 8 nitrogen and oxygen atoms in total. The van der Waals surface area contributed by atoms with Gasteiger partial charge in [0.1, 0.15) is 35.4 Å². The smallest absolute Gasteiger partial charge is 0.356 e. The molecule has 5 aromatic rings. The third-order valence-corrected chi connectivity index (χ3v) is 7.42. The van der Waals surface area contributed by atoms with Crippen LogP contribution in [0.1, 0.15) is 54.9 Å². The molecule has 1 heterocycles.